The summed E-state index contributed by atoms with van der Waals surface area (Å²) in [7, 11) is 0. The van der Waals surface area contributed by atoms with E-state index in [9.17, 15) is 10.2 Å². The van der Waals surface area contributed by atoms with E-state index in [-0.39, 0.29) is 18.6 Å². The van der Waals surface area contributed by atoms with Gasteiger partial charge in [0.1, 0.15) is 18.5 Å². The van der Waals surface area contributed by atoms with Gasteiger partial charge in [-0.05, 0) is 25.0 Å². The van der Waals surface area contributed by atoms with Gasteiger partial charge in [0.05, 0.1) is 0 Å². The smallest absolute Gasteiger partial charge is 0.119 e. The highest BCUT2D eigenvalue weighted by Gasteiger charge is 2.32. The first kappa shape index (κ1) is 15.3. The summed E-state index contributed by atoms with van der Waals surface area (Å²) in [6.07, 6.45) is 4.01. The molecule has 4 heteroatoms. The van der Waals surface area contributed by atoms with Gasteiger partial charge in [-0.25, -0.2) is 0 Å². The number of hydrogen-bond acceptors (Lipinski definition) is 4. The largest absolute Gasteiger partial charge is 0.491 e. The Kier molecular flexibility index (Phi) is 5.83. The van der Waals surface area contributed by atoms with Gasteiger partial charge in [0.2, 0.25) is 0 Å². The second kappa shape index (κ2) is 7.62. The van der Waals surface area contributed by atoms with Crippen LogP contribution in [-0.4, -0.2) is 42.6 Å². The normalized spacial score (nSPS) is 18.9. The van der Waals surface area contributed by atoms with E-state index in [2.05, 4.69) is 5.32 Å². The molecule has 4 nitrogen and oxygen atoms in total. The second-order valence-corrected chi connectivity index (χ2v) is 5.77. The topological polar surface area (TPSA) is 61.7 Å². The number of hydrogen-bond donors (Lipinski definition) is 3. The second-order valence-electron chi connectivity index (χ2n) is 5.77. The molecule has 0 aliphatic heterocycles. The predicted octanol–water partition coefficient (Wildman–Crippen LogP) is 1.57. The number of para-hydroxylation sites is 1. The van der Waals surface area contributed by atoms with Crippen LogP contribution in [0.25, 0.3) is 0 Å². The van der Waals surface area contributed by atoms with Gasteiger partial charge in [0, 0.05) is 25.1 Å². The zero-order chi connectivity index (χ0) is 14.3. The summed E-state index contributed by atoms with van der Waals surface area (Å²) in [5.74, 6) is 0.772. The van der Waals surface area contributed by atoms with Crippen LogP contribution in [0.1, 0.15) is 25.7 Å². The summed E-state index contributed by atoms with van der Waals surface area (Å²) < 4.78 is 5.50. The Balaban J connectivity index is 1.64. The van der Waals surface area contributed by atoms with E-state index >= 15 is 0 Å². The summed E-state index contributed by atoms with van der Waals surface area (Å²) in [5, 5.41) is 22.7. The molecule has 112 valence electrons. The zero-order valence-corrected chi connectivity index (χ0v) is 11.9. The van der Waals surface area contributed by atoms with Gasteiger partial charge >= 0.3 is 0 Å². The molecule has 0 bridgehead atoms. The van der Waals surface area contributed by atoms with Crippen LogP contribution >= 0.6 is 0 Å². The monoisotopic (exact) mass is 279 g/mol. The van der Waals surface area contributed by atoms with Gasteiger partial charge in [-0.3, -0.25) is 0 Å². The van der Waals surface area contributed by atoms with Crippen molar-refractivity contribution in [2.75, 3.05) is 26.3 Å². The van der Waals surface area contributed by atoms with Gasteiger partial charge in [-0.15, -0.1) is 0 Å². The number of ether oxygens (including phenoxy) is 1. The summed E-state index contributed by atoms with van der Waals surface area (Å²) >= 11 is 0. The molecule has 1 aliphatic rings. The molecule has 0 amide bonds. The fourth-order valence-electron chi connectivity index (χ4n) is 2.79. The Bertz CT molecular complexity index is 377. The Labute approximate surface area is 120 Å². The molecule has 1 atom stereocenters. The van der Waals surface area contributed by atoms with Crippen molar-refractivity contribution >= 4 is 0 Å². The third kappa shape index (κ3) is 4.47. The maximum atomic E-state index is 9.89. The van der Waals surface area contributed by atoms with Gasteiger partial charge in [0.15, 0.2) is 0 Å². The number of aliphatic hydroxyl groups is 2. The first-order valence-electron chi connectivity index (χ1n) is 7.42. The molecule has 20 heavy (non-hydrogen) atoms. The summed E-state index contributed by atoms with van der Waals surface area (Å²) in [5.41, 5.74) is 0.0278. The lowest BCUT2D eigenvalue weighted by Crippen LogP contribution is -2.40. The van der Waals surface area contributed by atoms with E-state index in [4.69, 9.17) is 4.74 Å². The summed E-state index contributed by atoms with van der Waals surface area (Å²) in [4.78, 5) is 0. The molecular weight excluding hydrogens is 254 g/mol. The maximum Gasteiger partial charge on any atom is 0.119 e. The first-order chi connectivity index (χ1) is 9.74. The lowest BCUT2D eigenvalue weighted by Gasteiger charge is -2.27. The molecular formula is C16H25NO3. The summed E-state index contributed by atoms with van der Waals surface area (Å²) in [6, 6.07) is 9.50. The average Bonchev–Trinajstić information content (AvgIpc) is 2.96. The van der Waals surface area contributed by atoms with E-state index in [0.29, 0.717) is 6.54 Å². The molecule has 0 heterocycles. The van der Waals surface area contributed by atoms with E-state index in [1.807, 2.05) is 30.3 Å². The molecule has 3 N–H and O–H groups in total. The highest BCUT2D eigenvalue weighted by molar-refractivity contribution is 5.20. The minimum Gasteiger partial charge on any atom is -0.491 e. The van der Waals surface area contributed by atoms with Crippen LogP contribution < -0.4 is 10.1 Å². The SMILES string of the molecule is OCC1(CNCC(O)COc2ccccc2)CCCC1. The van der Waals surface area contributed by atoms with Crippen LogP contribution in [0.5, 0.6) is 5.75 Å². The van der Waals surface area contributed by atoms with Crippen molar-refractivity contribution in [2.45, 2.75) is 31.8 Å². The van der Waals surface area contributed by atoms with Crippen molar-refractivity contribution in [1.29, 1.82) is 0 Å². The number of aliphatic hydroxyl groups excluding tert-OH is 2. The Morgan fingerprint density at radius 3 is 2.55 bits per heavy atom. The van der Waals surface area contributed by atoms with Crippen LogP contribution in [0.3, 0.4) is 0 Å². The Morgan fingerprint density at radius 2 is 1.90 bits per heavy atom. The molecule has 1 saturated carbocycles. The predicted molar refractivity (Wildman–Crippen MR) is 78.8 cm³/mol. The molecule has 1 aromatic carbocycles. The van der Waals surface area contributed by atoms with Gasteiger partial charge in [-0.1, -0.05) is 31.0 Å². The van der Waals surface area contributed by atoms with Crippen molar-refractivity contribution in [3.8, 4) is 5.75 Å². The molecule has 0 aromatic heterocycles. The van der Waals surface area contributed by atoms with Crippen molar-refractivity contribution < 1.29 is 14.9 Å². The molecule has 2 rings (SSSR count). The zero-order valence-electron chi connectivity index (χ0n) is 11.9. The number of rotatable bonds is 8. The highest BCUT2D eigenvalue weighted by atomic mass is 16.5. The highest BCUT2D eigenvalue weighted by Crippen LogP contribution is 2.36. The van der Waals surface area contributed by atoms with Crippen molar-refractivity contribution in [3.63, 3.8) is 0 Å². The van der Waals surface area contributed by atoms with Crippen molar-refractivity contribution in [3.05, 3.63) is 30.3 Å². The molecule has 0 saturated heterocycles. The molecule has 1 fully saturated rings. The summed E-state index contributed by atoms with van der Waals surface area (Å²) in [6.45, 7) is 1.78. The quantitative estimate of drug-likeness (QED) is 0.676. The van der Waals surface area contributed by atoms with Crippen molar-refractivity contribution in [2.24, 2.45) is 5.41 Å². The average molecular weight is 279 g/mol. The van der Waals surface area contributed by atoms with Gasteiger partial charge < -0.3 is 20.3 Å². The maximum absolute atomic E-state index is 9.89. The van der Waals surface area contributed by atoms with Gasteiger partial charge in [-0.2, -0.15) is 0 Å². The fraction of sp³-hybridized carbons (Fsp3) is 0.625. The van der Waals surface area contributed by atoms with Crippen molar-refractivity contribution in [1.82, 2.24) is 5.32 Å². The first-order valence-corrected chi connectivity index (χ1v) is 7.42. The molecule has 0 spiro atoms. The Morgan fingerprint density at radius 1 is 1.20 bits per heavy atom. The molecule has 1 aliphatic carbocycles. The minimum absolute atomic E-state index is 0.0278. The van der Waals surface area contributed by atoms with E-state index in [0.717, 1.165) is 25.1 Å². The number of nitrogens with one attached hydrogen (secondary N) is 1. The van der Waals surface area contributed by atoms with Crippen LogP contribution in [0.4, 0.5) is 0 Å². The van der Waals surface area contributed by atoms with Crippen LogP contribution in [0.15, 0.2) is 30.3 Å². The molecule has 1 aromatic rings. The van der Waals surface area contributed by atoms with E-state index < -0.39 is 6.10 Å². The lowest BCUT2D eigenvalue weighted by atomic mass is 9.87. The van der Waals surface area contributed by atoms with Crippen LogP contribution in [0.2, 0.25) is 0 Å². The van der Waals surface area contributed by atoms with Gasteiger partial charge in [0.25, 0.3) is 0 Å². The lowest BCUT2D eigenvalue weighted by molar-refractivity contribution is 0.0918. The third-order valence-electron chi connectivity index (χ3n) is 4.07. The minimum atomic E-state index is -0.535. The number of benzene rings is 1. The van der Waals surface area contributed by atoms with Crippen LogP contribution in [0, 0.1) is 5.41 Å². The fourth-order valence-corrected chi connectivity index (χ4v) is 2.79. The van der Waals surface area contributed by atoms with E-state index in [1.165, 1.54) is 12.8 Å². The Hall–Kier alpha value is -1.10. The van der Waals surface area contributed by atoms with E-state index in [1.54, 1.807) is 0 Å². The van der Waals surface area contributed by atoms with Crippen LogP contribution in [-0.2, 0) is 0 Å². The molecule has 0 radical (unpaired) electrons. The molecule has 1 unspecified atom stereocenters. The third-order valence-corrected chi connectivity index (χ3v) is 4.07. The standard InChI is InChI=1S/C16H25NO3/c18-13-16(8-4-5-9-16)12-17-10-14(19)11-20-15-6-2-1-3-7-15/h1-3,6-7,14,17-19H,4-5,8-13H2.